The predicted octanol–water partition coefficient (Wildman–Crippen LogP) is 4.53. The summed E-state index contributed by atoms with van der Waals surface area (Å²) in [6.07, 6.45) is 5.07. The van der Waals surface area contributed by atoms with E-state index in [1.54, 1.807) is 17.8 Å². The minimum Gasteiger partial charge on any atom is -0.310 e. The summed E-state index contributed by atoms with van der Waals surface area (Å²) in [5.41, 5.74) is 1.03. The molecule has 1 fully saturated rings. The normalized spacial score (nSPS) is 18.2. The molecule has 1 saturated carbocycles. The third kappa shape index (κ3) is 3.48. The highest BCUT2D eigenvalue weighted by atomic mass is 32.2. The molecule has 1 N–H and O–H groups in total. The van der Waals surface area contributed by atoms with Crippen LogP contribution >= 0.6 is 11.8 Å². The molecule has 18 heavy (non-hydrogen) atoms. The average Bonchev–Trinajstić information content (AvgIpc) is 2.85. The molecule has 0 spiro atoms. The van der Waals surface area contributed by atoms with Crippen molar-refractivity contribution in [1.29, 1.82) is 0 Å². The van der Waals surface area contributed by atoms with E-state index in [4.69, 9.17) is 0 Å². The van der Waals surface area contributed by atoms with Crippen molar-refractivity contribution in [2.24, 2.45) is 0 Å². The number of benzene rings is 1. The van der Waals surface area contributed by atoms with E-state index in [1.165, 1.54) is 25.7 Å². The summed E-state index contributed by atoms with van der Waals surface area (Å²) in [5, 5.41) is 3.93. The van der Waals surface area contributed by atoms with Crippen LogP contribution in [0.25, 0.3) is 0 Å². The quantitative estimate of drug-likeness (QED) is 0.841. The Morgan fingerprint density at radius 3 is 2.72 bits per heavy atom. The summed E-state index contributed by atoms with van der Waals surface area (Å²) in [7, 11) is 0. The van der Waals surface area contributed by atoms with Gasteiger partial charge in [0.1, 0.15) is 5.82 Å². The zero-order valence-corrected chi connectivity index (χ0v) is 12.0. The maximum atomic E-state index is 14.1. The van der Waals surface area contributed by atoms with Gasteiger partial charge in [0.05, 0.1) is 0 Å². The predicted molar refractivity (Wildman–Crippen MR) is 76.6 cm³/mol. The fourth-order valence-corrected chi connectivity index (χ4v) is 3.74. The molecule has 0 radical (unpaired) electrons. The highest BCUT2D eigenvalue weighted by Gasteiger charge is 2.18. The molecule has 3 heteroatoms. The Morgan fingerprint density at radius 1 is 1.39 bits per heavy atom. The summed E-state index contributed by atoms with van der Waals surface area (Å²) in [4.78, 5) is 0.814. The van der Waals surface area contributed by atoms with Crippen LogP contribution in [0.2, 0.25) is 0 Å². The van der Waals surface area contributed by atoms with Gasteiger partial charge in [0.25, 0.3) is 0 Å². The van der Waals surface area contributed by atoms with Crippen molar-refractivity contribution in [2.45, 2.75) is 55.7 Å². The molecule has 0 heterocycles. The van der Waals surface area contributed by atoms with Crippen LogP contribution in [-0.4, -0.2) is 11.8 Å². The first-order valence-corrected chi connectivity index (χ1v) is 7.78. The zero-order valence-electron chi connectivity index (χ0n) is 11.2. The monoisotopic (exact) mass is 267 g/mol. The first kappa shape index (κ1) is 13.9. The van der Waals surface area contributed by atoms with Crippen LogP contribution in [0, 0.1) is 5.82 Å². The van der Waals surface area contributed by atoms with Gasteiger partial charge in [-0.3, -0.25) is 0 Å². The van der Waals surface area contributed by atoms with Crippen molar-refractivity contribution in [3.63, 3.8) is 0 Å². The van der Waals surface area contributed by atoms with Gasteiger partial charge < -0.3 is 5.32 Å². The minimum atomic E-state index is -0.0610. The number of rotatable bonds is 5. The van der Waals surface area contributed by atoms with Crippen LogP contribution in [-0.2, 0) is 0 Å². The molecule has 1 aliphatic rings. The highest BCUT2D eigenvalue weighted by Crippen LogP contribution is 2.36. The first-order chi connectivity index (χ1) is 8.70. The van der Waals surface area contributed by atoms with Crippen LogP contribution < -0.4 is 5.32 Å². The third-order valence-corrected chi connectivity index (χ3v) is 4.95. The van der Waals surface area contributed by atoms with Crippen molar-refractivity contribution in [2.75, 3.05) is 6.54 Å². The highest BCUT2D eigenvalue weighted by molar-refractivity contribution is 8.00. The van der Waals surface area contributed by atoms with E-state index in [-0.39, 0.29) is 11.9 Å². The Morgan fingerprint density at radius 2 is 2.11 bits per heavy atom. The second-order valence-corrected chi connectivity index (χ2v) is 6.34. The largest absolute Gasteiger partial charge is 0.310 e. The van der Waals surface area contributed by atoms with Crippen molar-refractivity contribution < 1.29 is 4.39 Å². The molecule has 0 aromatic heterocycles. The molecule has 1 unspecified atom stereocenters. The first-order valence-electron chi connectivity index (χ1n) is 6.90. The molecule has 0 aliphatic heterocycles. The van der Waals surface area contributed by atoms with Crippen molar-refractivity contribution in [1.82, 2.24) is 5.32 Å². The molecule has 0 bridgehead atoms. The van der Waals surface area contributed by atoms with E-state index >= 15 is 0 Å². The summed E-state index contributed by atoms with van der Waals surface area (Å²) >= 11 is 1.72. The minimum absolute atomic E-state index is 0.0610. The molecule has 1 atom stereocenters. The number of hydrogen-bond donors (Lipinski definition) is 1. The standard InChI is InChI=1S/C15H22FNS/c1-3-17-11(2)12-8-9-15(14(16)10-12)18-13-6-4-5-7-13/h8-11,13,17H,3-7H2,1-2H3. The Labute approximate surface area is 114 Å². The maximum Gasteiger partial charge on any atom is 0.137 e. The lowest BCUT2D eigenvalue weighted by atomic mass is 10.1. The molecule has 1 aromatic carbocycles. The summed E-state index contributed by atoms with van der Waals surface area (Å²) in [6, 6.07) is 5.90. The van der Waals surface area contributed by atoms with Gasteiger partial charge >= 0.3 is 0 Å². The molecule has 1 aliphatic carbocycles. The summed E-state index contributed by atoms with van der Waals surface area (Å²) < 4.78 is 14.1. The Hall–Kier alpha value is -0.540. The Bertz CT molecular complexity index is 388. The van der Waals surface area contributed by atoms with E-state index in [1.807, 2.05) is 12.1 Å². The SMILES string of the molecule is CCNC(C)c1ccc(SC2CCCC2)c(F)c1. The van der Waals surface area contributed by atoms with Crippen LogP contribution in [0.3, 0.4) is 0 Å². The van der Waals surface area contributed by atoms with Crippen molar-refractivity contribution in [3.05, 3.63) is 29.6 Å². The molecular formula is C15H22FNS. The molecule has 100 valence electrons. The lowest BCUT2D eigenvalue weighted by Crippen LogP contribution is -2.17. The van der Waals surface area contributed by atoms with E-state index in [0.717, 1.165) is 17.0 Å². The van der Waals surface area contributed by atoms with Gasteiger partial charge in [-0.1, -0.05) is 25.8 Å². The van der Waals surface area contributed by atoms with E-state index in [2.05, 4.69) is 19.2 Å². The molecule has 2 rings (SSSR count). The van der Waals surface area contributed by atoms with E-state index in [0.29, 0.717) is 5.25 Å². The van der Waals surface area contributed by atoms with Gasteiger partial charge in [0, 0.05) is 16.2 Å². The fourth-order valence-electron chi connectivity index (χ4n) is 2.49. The van der Waals surface area contributed by atoms with Gasteiger partial charge in [0.15, 0.2) is 0 Å². The van der Waals surface area contributed by atoms with Crippen LogP contribution in [0.4, 0.5) is 4.39 Å². The maximum absolute atomic E-state index is 14.1. The van der Waals surface area contributed by atoms with Gasteiger partial charge in [-0.05, 0) is 44.0 Å². The number of hydrogen-bond acceptors (Lipinski definition) is 2. The Kier molecular flexibility index (Phi) is 5.07. The smallest absolute Gasteiger partial charge is 0.137 e. The van der Waals surface area contributed by atoms with Gasteiger partial charge in [-0.2, -0.15) is 0 Å². The summed E-state index contributed by atoms with van der Waals surface area (Å²) in [6.45, 7) is 5.04. The Balaban J connectivity index is 2.04. The topological polar surface area (TPSA) is 12.0 Å². The number of thioether (sulfide) groups is 1. The lowest BCUT2D eigenvalue weighted by molar-refractivity contribution is 0.571. The second-order valence-electron chi connectivity index (χ2n) is 4.99. The second kappa shape index (κ2) is 6.58. The molecule has 0 saturated heterocycles. The summed E-state index contributed by atoms with van der Waals surface area (Å²) in [5.74, 6) is -0.0610. The molecule has 1 nitrogen and oxygen atoms in total. The number of halogens is 1. The van der Waals surface area contributed by atoms with E-state index in [9.17, 15) is 4.39 Å². The third-order valence-electron chi connectivity index (χ3n) is 3.56. The van der Waals surface area contributed by atoms with Crippen LogP contribution in [0.1, 0.15) is 51.1 Å². The fraction of sp³-hybridized carbons (Fsp3) is 0.600. The lowest BCUT2D eigenvalue weighted by Gasteiger charge is -2.15. The van der Waals surface area contributed by atoms with Gasteiger partial charge in [-0.25, -0.2) is 4.39 Å². The van der Waals surface area contributed by atoms with Crippen molar-refractivity contribution in [3.8, 4) is 0 Å². The number of nitrogens with one attached hydrogen (secondary N) is 1. The van der Waals surface area contributed by atoms with Gasteiger partial charge in [0.2, 0.25) is 0 Å². The van der Waals surface area contributed by atoms with Crippen LogP contribution in [0.5, 0.6) is 0 Å². The van der Waals surface area contributed by atoms with Gasteiger partial charge in [-0.15, -0.1) is 11.8 Å². The van der Waals surface area contributed by atoms with Crippen LogP contribution in [0.15, 0.2) is 23.1 Å². The molecule has 1 aromatic rings. The van der Waals surface area contributed by atoms with E-state index < -0.39 is 0 Å². The molecular weight excluding hydrogens is 245 g/mol. The average molecular weight is 267 g/mol. The van der Waals surface area contributed by atoms with Crippen molar-refractivity contribution >= 4 is 11.8 Å². The molecule has 0 amide bonds. The zero-order chi connectivity index (χ0) is 13.0.